The van der Waals surface area contributed by atoms with Gasteiger partial charge in [0.05, 0.1) is 26.6 Å². The molecular weight excluding hydrogens is 452 g/mol. The lowest BCUT2D eigenvalue weighted by Crippen LogP contribution is -2.28. The molecule has 2 amide bonds. The number of anilines is 2. The minimum atomic E-state index is -0.299. The van der Waals surface area contributed by atoms with E-state index in [9.17, 15) is 9.59 Å². The Morgan fingerprint density at radius 1 is 1.00 bits per heavy atom. The van der Waals surface area contributed by atoms with Gasteiger partial charge in [-0.1, -0.05) is 18.2 Å². The van der Waals surface area contributed by atoms with Crippen LogP contribution in [0.1, 0.15) is 28.2 Å². The van der Waals surface area contributed by atoms with Crippen molar-refractivity contribution >= 4 is 35.0 Å². The average Bonchev–Trinajstić information content (AvgIpc) is 3.25. The van der Waals surface area contributed by atoms with Crippen molar-refractivity contribution in [2.24, 2.45) is 0 Å². The van der Waals surface area contributed by atoms with Crippen molar-refractivity contribution in [3.63, 3.8) is 0 Å². The number of rotatable bonds is 8. The summed E-state index contributed by atoms with van der Waals surface area (Å²) in [6.45, 7) is 2.50. The molecular formula is C26H26N2O5S. The Labute approximate surface area is 203 Å². The molecule has 34 heavy (non-hydrogen) atoms. The van der Waals surface area contributed by atoms with Crippen LogP contribution >= 0.6 is 11.8 Å². The molecule has 0 aliphatic carbocycles. The summed E-state index contributed by atoms with van der Waals surface area (Å²) in [5.74, 6) is 1.87. The number of carbonyl (C=O) groups excluding carboxylic acids is 2. The van der Waals surface area contributed by atoms with Crippen LogP contribution in [-0.4, -0.2) is 38.4 Å². The van der Waals surface area contributed by atoms with Crippen molar-refractivity contribution in [2.45, 2.75) is 12.3 Å². The van der Waals surface area contributed by atoms with E-state index in [0.717, 1.165) is 17.0 Å². The molecule has 0 bridgehead atoms. The lowest BCUT2D eigenvalue weighted by atomic mass is 10.1. The van der Waals surface area contributed by atoms with E-state index in [-0.39, 0.29) is 17.2 Å². The van der Waals surface area contributed by atoms with Gasteiger partial charge in [-0.05, 0) is 49.4 Å². The van der Waals surface area contributed by atoms with E-state index in [0.29, 0.717) is 35.1 Å². The highest BCUT2D eigenvalue weighted by molar-refractivity contribution is 8.00. The van der Waals surface area contributed by atoms with Crippen molar-refractivity contribution in [2.75, 3.05) is 36.8 Å². The van der Waals surface area contributed by atoms with Gasteiger partial charge >= 0.3 is 0 Å². The number of benzene rings is 3. The van der Waals surface area contributed by atoms with E-state index in [1.807, 2.05) is 55.5 Å². The number of hydrogen-bond acceptors (Lipinski definition) is 6. The van der Waals surface area contributed by atoms with Crippen molar-refractivity contribution in [3.05, 3.63) is 77.9 Å². The van der Waals surface area contributed by atoms with Crippen molar-refractivity contribution in [3.8, 4) is 17.2 Å². The Balaban J connectivity index is 1.62. The number of hydrogen-bond donors (Lipinski definition) is 1. The number of nitrogens with zero attached hydrogens (tertiary/aromatic N) is 1. The average molecular weight is 479 g/mol. The Morgan fingerprint density at radius 3 is 2.32 bits per heavy atom. The largest absolute Gasteiger partial charge is 0.497 e. The summed E-state index contributed by atoms with van der Waals surface area (Å²) >= 11 is 1.52. The lowest BCUT2D eigenvalue weighted by molar-refractivity contribution is -0.115. The van der Waals surface area contributed by atoms with Crippen LogP contribution in [0.4, 0.5) is 11.4 Å². The highest BCUT2D eigenvalue weighted by Gasteiger charge is 2.35. The molecule has 1 saturated heterocycles. The number of para-hydroxylation sites is 1. The first-order chi connectivity index (χ1) is 16.5. The van der Waals surface area contributed by atoms with Crippen LogP contribution in [0, 0.1) is 0 Å². The fourth-order valence-corrected chi connectivity index (χ4v) is 4.98. The van der Waals surface area contributed by atoms with Gasteiger partial charge in [-0.2, -0.15) is 0 Å². The van der Waals surface area contributed by atoms with Gasteiger partial charge in [0.2, 0.25) is 5.91 Å². The fourth-order valence-electron chi connectivity index (χ4n) is 3.76. The summed E-state index contributed by atoms with van der Waals surface area (Å²) in [6, 6.07) is 20.0. The molecule has 8 heteroatoms. The Hall–Kier alpha value is -3.65. The highest BCUT2D eigenvalue weighted by Crippen LogP contribution is 2.44. The third-order valence-electron chi connectivity index (χ3n) is 5.38. The molecule has 1 N–H and O–H groups in total. The first-order valence-electron chi connectivity index (χ1n) is 10.8. The molecule has 1 heterocycles. The SMILES string of the molecule is CCOc1ccc(N2C(=O)CS[C@@H]2c2ccccc2NC(=O)c2cc(OC)cc(OC)c2)cc1. The Bertz CT molecular complexity index is 1160. The van der Waals surface area contributed by atoms with Gasteiger partial charge < -0.3 is 19.5 Å². The highest BCUT2D eigenvalue weighted by atomic mass is 32.2. The smallest absolute Gasteiger partial charge is 0.255 e. The van der Waals surface area contributed by atoms with E-state index in [1.54, 1.807) is 23.1 Å². The number of ether oxygens (including phenoxy) is 3. The molecule has 0 radical (unpaired) electrons. The molecule has 0 spiro atoms. The number of nitrogens with one attached hydrogen (secondary N) is 1. The maximum atomic E-state index is 13.1. The second-order valence-electron chi connectivity index (χ2n) is 7.50. The molecule has 0 saturated carbocycles. The van der Waals surface area contributed by atoms with E-state index >= 15 is 0 Å². The molecule has 1 atom stereocenters. The predicted octanol–water partition coefficient (Wildman–Crippen LogP) is 5.13. The molecule has 3 aromatic rings. The number of methoxy groups -OCH3 is 2. The number of thioether (sulfide) groups is 1. The molecule has 7 nitrogen and oxygen atoms in total. The zero-order valence-corrected chi connectivity index (χ0v) is 20.1. The summed E-state index contributed by atoms with van der Waals surface area (Å²) in [4.78, 5) is 27.7. The van der Waals surface area contributed by atoms with Crippen molar-refractivity contribution in [1.82, 2.24) is 0 Å². The predicted molar refractivity (Wildman–Crippen MR) is 134 cm³/mol. The molecule has 1 aliphatic rings. The third-order valence-corrected chi connectivity index (χ3v) is 6.58. The number of amides is 2. The molecule has 1 aliphatic heterocycles. The van der Waals surface area contributed by atoms with Gasteiger partial charge in [-0.15, -0.1) is 11.8 Å². The summed E-state index contributed by atoms with van der Waals surface area (Å²) in [5, 5.41) is 2.72. The van der Waals surface area contributed by atoms with Crippen LogP contribution < -0.4 is 24.4 Å². The summed E-state index contributed by atoms with van der Waals surface area (Å²) < 4.78 is 16.1. The van der Waals surface area contributed by atoms with Crippen LogP contribution in [0.15, 0.2) is 66.7 Å². The summed E-state index contributed by atoms with van der Waals surface area (Å²) in [6.07, 6.45) is 0. The van der Waals surface area contributed by atoms with Gasteiger partial charge in [0.25, 0.3) is 5.91 Å². The quantitative estimate of drug-likeness (QED) is 0.484. The first kappa shape index (κ1) is 23.5. The minimum absolute atomic E-state index is 0.0119. The standard InChI is InChI=1S/C26H26N2O5S/c1-4-33-19-11-9-18(10-12-19)28-24(29)16-34-26(28)22-7-5-6-8-23(22)27-25(30)17-13-20(31-2)15-21(14-17)32-3/h5-15,26H,4,16H2,1-3H3,(H,27,30)/t26-/m1/s1. The number of carbonyl (C=O) groups is 2. The van der Waals surface area contributed by atoms with E-state index < -0.39 is 0 Å². The van der Waals surface area contributed by atoms with Crippen LogP contribution in [0.3, 0.4) is 0 Å². The van der Waals surface area contributed by atoms with E-state index in [1.165, 1.54) is 26.0 Å². The normalized spacial score (nSPS) is 15.2. The van der Waals surface area contributed by atoms with Crippen molar-refractivity contribution in [1.29, 1.82) is 0 Å². The van der Waals surface area contributed by atoms with Crippen LogP contribution in [0.2, 0.25) is 0 Å². The van der Waals surface area contributed by atoms with Gasteiger partial charge in [-0.3, -0.25) is 14.5 Å². The summed E-state index contributed by atoms with van der Waals surface area (Å²) in [7, 11) is 3.07. The summed E-state index contributed by atoms with van der Waals surface area (Å²) in [5.41, 5.74) is 2.67. The lowest BCUT2D eigenvalue weighted by Gasteiger charge is -2.26. The van der Waals surface area contributed by atoms with Crippen LogP contribution in [-0.2, 0) is 4.79 Å². The molecule has 0 aromatic heterocycles. The van der Waals surface area contributed by atoms with E-state index in [4.69, 9.17) is 14.2 Å². The second kappa shape index (κ2) is 10.5. The van der Waals surface area contributed by atoms with Gasteiger partial charge in [0.1, 0.15) is 22.6 Å². The molecule has 1 fully saturated rings. The third kappa shape index (κ3) is 4.97. The van der Waals surface area contributed by atoms with Gasteiger partial charge in [-0.25, -0.2) is 0 Å². The molecule has 176 valence electrons. The fraction of sp³-hybridized carbons (Fsp3) is 0.231. The van der Waals surface area contributed by atoms with Crippen LogP contribution in [0.25, 0.3) is 0 Å². The van der Waals surface area contributed by atoms with Gasteiger partial charge in [0.15, 0.2) is 0 Å². The van der Waals surface area contributed by atoms with Gasteiger partial charge in [0, 0.05) is 28.6 Å². The zero-order valence-electron chi connectivity index (χ0n) is 19.2. The first-order valence-corrected chi connectivity index (χ1v) is 11.9. The topological polar surface area (TPSA) is 77.1 Å². The molecule has 0 unspecified atom stereocenters. The Kier molecular flexibility index (Phi) is 7.27. The van der Waals surface area contributed by atoms with Crippen molar-refractivity contribution < 1.29 is 23.8 Å². The Morgan fingerprint density at radius 2 is 1.68 bits per heavy atom. The van der Waals surface area contributed by atoms with Crippen LogP contribution in [0.5, 0.6) is 17.2 Å². The maximum absolute atomic E-state index is 13.1. The zero-order chi connectivity index (χ0) is 24.1. The molecule has 3 aromatic carbocycles. The maximum Gasteiger partial charge on any atom is 0.255 e. The monoisotopic (exact) mass is 478 g/mol. The second-order valence-corrected chi connectivity index (χ2v) is 8.57. The molecule has 4 rings (SSSR count). The minimum Gasteiger partial charge on any atom is -0.497 e. The van der Waals surface area contributed by atoms with E-state index in [2.05, 4.69) is 5.32 Å².